The Kier molecular flexibility index (Phi) is 7.60. The van der Waals surface area contributed by atoms with E-state index in [9.17, 15) is 9.59 Å². The third-order valence-electron chi connectivity index (χ3n) is 0.814. The summed E-state index contributed by atoms with van der Waals surface area (Å²) in [5, 5.41) is 8.07. The average Bonchev–Trinajstić information content (AvgIpc) is 1.63. The molecular weight excluding hydrogens is 158 g/mol. The molecule has 1 amide bonds. The second-order valence-electron chi connectivity index (χ2n) is 1.71. The average molecular weight is 168 g/mol. The van der Waals surface area contributed by atoms with Gasteiger partial charge < -0.3 is 10.8 Å². The standard InChI is InChI=1S/C5H9NO3.ClH/c6-4(7)2-1-3-5(8)9;/h1-3H2,(H2,6,7)(H,8,9);1H. The third kappa shape index (κ3) is 10.3. The number of carboxylic acid groups (broad SMARTS) is 1. The first-order valence-corrected chi connectivity index (χ1v) is 2.63. The molecule has 60 valence electrons. The summed E-state index contributed by atoms with van der Waals surface area (Å²) in [4.78, 5) is 19.8. The number of amides is 1. The van der Waals surface area contributed by atoms with Crippen molar-refractivity contribution in [2.24, 2.45) is 5.73 Å². The Balaban J connectivity index is 0. The first-order valence-electron chi connectivity index (χ1n) is 2.63. The van der Waals surface area contributed by atoms with Crippen LogP contribution in [0.4, 0.5) is 0 Å². The van der Waals surface area contributed by atoms with Crippen molar-refractivity contribution in [2.75, 3.05) is 0 Å². The lowest BCUT2D eigenvalue weighted by molar-refractivity contribution is -0.137. The third-order valence-corrected chi connectivity index (χ3v) is 0.814. The van der Waals surface area contributed by atoms with Gasteiger partial charge in [-0.3, -0.25) is 9.59 Å². The number of aliphatic carboxylic acids is 1. The fourth-order valence-electron chi connectivity index (χ4n) is 0.414. The molecule has 0 aliphatic heterocycles. The van der Waals surface area contributed by atoms with Crippen LogP contribution in [0, 0.1) is 0 Å². The van der Waals surface area contributed by atoms with Gasteiger partial charge in [0, 0.05) is 12.8 Å². The van der Waals surface area contributed by atoms with Gasteiger partial charge in [0.05, 0.1) is 0 Å². The van der Waals surface area contributed by atoms with E-state index in [4.69, 9.17) is 10.8 Å². The number of nitrogens with two attached hydrogens (primary N) is 1. The predicted molar refractivity (Wildman–Crippen MR) is 37.9 cm³/mol. The summed E-state index contributed by atoms with van der Waals surface area (Å²) in [7, 11) is 0. The number of primary amides is 1. The van der Waals surface area contributed by atoms with Gasteiger partial charge in [0.15, 0.2) is 0 Å². The smallest absolute Gasteiger partial charge is 0.303 e. The van der Waals surface area contributed by atoms with Gasteiger partial charge in [0.25, 0.3) is 0 Å². The SMILES string of the molecule is Cl.NC(=O)CCCC(=O)O. The van der Waals surface area contributed by atoms with Crippen LogP contribution in [0.25, 0.3) is 0 Å². The molecular formula is C5H10ClNO3. The molecule has 0 spiro atoms. The molecule has 0 saturated heterocycles. The highest BCUT2D eigenvalue weighted by molar-refractivity contribution is 5.85. The zero-order valence-electron chi connectivity index (χ0n) is 5.37. The number of carboxylic acids is 1. The largest absolute Gasteiger partial charge is 0.481 e. The molecule has 0 aromatic heterocycles. The van der Waals surface area contributed by atoms with Crippen LogP contribution in [0.3, 0.4) is 0 Å². The van der Waals surface area contributed by atoms with Gasteiger partial charge in [-0.25, -0.2) is 0 Å². The van der Waals surface area contributed by atoms with E-state index in [1.165, 1.54) is 0 Å². The summed E-state index contributed by atoms with van der Waals surface area (Å²) in [6.07, 6.45) is 0.514. The summed E-state index contributed by atoms with van der Waals surface area (Å²) in [5.74, 6) is -1.34. The van der Waals surface area contributed by atoms with E-state index in [1.54, 1.807) is 0 Å². The lowest BCUT2D eigenvalue weighted by Crippen LogP contribution is -2.10. The van der Waals surface area contributed by atoms with Crippen LogP contribution in [-0.2, 0) is 9.59 Å². The van der Waals surface area contributed by atoms with Crippen molar-refractivity contribution in [1.82, 2.24) is 0 Å². The summed E-state index contributed by atoms with van der Waals surface area (Å²) in [6, 6.07) is 0. The number of halogens is 1. The van der Waals surface area contributed by atoms with Crippen molar-refractivity contribution in [1.29, 1.82) is 0 Å². The highest BCUT2D eigenvalue weighted by Crippen LogP contribution is 1.92. The molecule has 0 saturated carbocycles. The maximum Gasteiger partial charge on any atom is 0.303 e. The van der Waals surface area contributed by atoms with Crippen LogP contribution in [0.2, 0.25) is 0 Å². The van der Waals surface area contributed by atoms with Crippen LogP contribution in [0.1, 0.15) is 19.3 Å². The van der Waals surface area contributed by atoms with Crippen LogP contribution >= 0.6 is 12.4 Å². The van der Waals surface area contributed by atoms with E-state index in [1.807, 2.05) is 0 Å². The fraction of sp³-hybridized carbons (Fsp3) is 0.600. The van der Waals surface area contributed by atoms with E-state index in [-0.39, 0.29) is 25.2 Å². The Morgan fingerprint density at radius 1 is 1.30 bits per heavy atom. The van der Waals surface area contributed by atoms with Gasteiger partial charge in [-0.1, -0.05) is 0 Å². The fourth-order valence-corrected chi connectivity index (χ4v) is 0.414. The highest BCUT2D eigenvalue weighted by atomic mass is 35.5. The first kappa shape index (κ1) is 12.0. The topological polar surface area (TPSA) is 80.4 Å². The van der Waals surface area contributed by atoms with Gasteiger partial charge >= 0.3 is 5.97 Å². The molecule has 3 N–H and O–H groups in total. The Labute approximate surface area is 64.8 Å². The molecule has 4 nitrogen and oxygen atoms in total. The van der Waals surface area contributed by atoms with Gasteiger partial charge in [-0.05, 0) is 6.42 Å². The molecule has 0 rings (SSSR count). The van der Waals surface area contributed by atoms with E-state index >= 15 is 0 Å². The van der Waals surface area contributed by atoms with E-state index in [2.05, 4.69) is 0 Å². The first-order chi connectivity index (χ1) is 4.13. The van der Waals surface area contributed by atoms with Crippen LogP contribution < -0.4 is 5.73 Å². The summed E-state index contributed by atoms with van der Waals surface area (Å²) in [5.41, 5.74) is 4.75. The molecule has 0 bridgehead atoms. The normalized spacial score (nSPS) is 8.00. The molecule has 0 aromatic carbocycles. The Morgan fingerprint density at radius 3 is 2.10 bits per heavy atom. The molecule has 5 heteroatoms. The number of hydrogen-bond donors (Lipinski definition) is 2. The summed E-state index contributed by atoms with van der Waals surface area (Å²) < 4.78 is 0. The van der Waals surface area contributed by atoms with Gasteiger partial charge in [0.1, 0.15) is 0 Å². The number of hydrogen-bond acceptors (Lipinski definition) is 2. The second kappa shape index (κ2) is 6.35. The Morgan fingerprint density at radius 2 is 1.80 bits per heavy atom. The lowest BCUT2D eigenvalue weighted by Gasteiger charge is -1.89. The minimum Gasteiger partial charge on any atom is -0.481 e. The molecule has 0 aromatic rings. The second-order valence-corrected chi connectivity index (χ2v) is 1.71. The molecule has 0 fully saturated rings. The monoisotopic (exact) mass is 167 g/mol. The Bertz CT molecular complexity index is 112. The van der Waals surface area contributed by atoms with E-state index in [0.29, 0.717) is 6.42 Å². The molecule has 0 radical (unpaired) electrons. The number of carbonyl (C=O) groups excluding carboxylic acids is 1. The zero-order chi connectivity index (χ0) is 7.28. The molecule has 0 heterocycles. The van der Waals surface area contributed by atoms with Crippen molar-refractivity contribution < 1.29 is 14.7 Å². The molecule has 0 aliphatic carbocycles. The summed E-state index contributed by atoms with van der Waals surface area (Å²) >= 11 is 0. The Hall–Kier alpha value is -0.770. The van der Waals surface area contributed by atoms with Crippen molar-refractivity contribution in [2.45, 2.75) is 19.3 Å². The predicted octanol–water partition coefficient (Wildman–Crippen LogP) is 0.148. The van der Waals surface area contributed by atoms with Crippen molar-refractivity contribution >= 4 is 24.3 Å². The molecule has 0 aliphatic rings. The molecule has 10 heavy (non-hydrogen) atoms. The zero-order valence-corrected chi connectivity index (χ0v) is 6.19. The maximum absolute atomic E-state index is 10.0. The quantitative estimate of drug-likeness (QED) is 0.626. The van der Waals surface area contributed by atoms with Crippen LogP contribution in [-0.4, -0.2) is 17.0 Å². The van der Waals surface area contributed by atoms with Crippen molar-refractivity contribution in [3.8, 4) is 0 Å². The van der Waals surface area contributed by atoms with Crippen LogP contribution in [0.15, 0.2) is 0 Å². The maximum atomic E-state index is 10.0. The number of rotatable bonds is 4. The van der Waals surface area contributed by atoms with Gasteiger partial charge in [0.2, 0.25) is 5.91 Å². The highest BCUT2D eigenvalue weighted by Gasteiger charge is 1.98. The van der Waals surface area contributed by atoms with Crippen LogP contribution in [0.5, 0.6) is 0 Å². The van der Waals surface area contributed by atoms with E-state index in [0.717, 1.165) is 0 Å². The van der Waals surface area contributed by atoms with Crippen molar-refractivity contribution in [3.05, 3.63) is 0 Å². The minimum absolute atomic E-state index is 0. The molecule has 0 atom stereocenters. The van der Waals surface area contributed by atoms with E-state index < -0.39 is 11.9 Å². The summed E-state index contributed by atoms with van der Waals surface area (Å²) in [6.45, 7) is 0. The van der Waals surface area contributed by atoms with Crippen molar-refractivity contribution in [3.63, 3.8) is 0 Å². The lowest BCUT2D eigenvalue weighted by atomic mass is 10.2. The van der Waals surface area contributed by atoms with Gasteiger partial charge in [-0.15, -0.1) is 12.4 Å². The molecule has 0 unspecified atom stereocenters. The minimum atomic E-state index is -0.892. The number of carbonyl (C=O) groups is 2. The van der Waals surface area contributed by atoms with Gasteiger partial charge in [-0.2, -0.15) is 0 Å².